The molecule has 4 rings (SSSR count). The zero-order chi connectivity index (χ0) is 18.6. The van der Waals surface area contributed by atoms with Gasteiger partial charge < -0.3 is 19.5 Å². The second-order valence-electron chi connectivity index (χ2n) is 7.22. The number of benzene rings is 1. The molecule has 1 saturated heterocycles. The number of hydrogen-bond donors (Lipinski definition) is 1. The van der Waals surface area contributed by atoms with Gasteiger partial charge in [0.15, 0.2) is 5.82 Å². The highest BCUT2D eigenvalue weighted by atomic mass is 35.5. The van der Waals surface area contributed by atoms with Crippen LogP contribution in [0.1, 0.15) is 54.9 Å². The number of halogens is 1. The topological polar surface area (TPSA) is 80.5 Å². The highest BCUT2D eigenvalue weighted by Crippen LogP contribution is 2.38. The Balaban J connectivity index is 0.00000225. The maximum atomic E-state index is 12.9. The summed E-state index contributed by atoms with van der Waals surface area (Å²) in [7, 11) is 1.67. The van der Waals surface area contributed by atoms with Gasteiger partial charge in [0.2, 0.25) is 11.8 Å². The minimum atomic E-state index is -0.00715. The van der Waals surface area contributed by atoms with E-state index in [2.05, 4.69) is 15.5 Å². The molecule has 2 fully saturated rings. The number of nitrogens with zero attached hydrogens (tertiary/aromatic N) is 3. The molecule has 1 atom stereocenters. The van der Waals surface area contributed by atoms with Crippen LogP contribution >= 0.6 is 12.4 Å². The van der Waals surface area contributed by atoms with Crippen LogP contribution in [0.3, 0.4) is 0 Å². The molecule has 1 unspecified atom stereocenters. The molecule has 1 amide bonds. The average Bonchev–Trinajstić information content (AvgIpc) is 3.46. The molecule has 2 aliphatic rings. The third-order valence-corrected chi connectivity index (χ3v) is 5.27. The highest BCUT2D eigenvalue weighted by molar-refractivity contribution is 5.85. The van der Waals surface area contributed by atoms with Crippen molar-refractivity contribution in [3.8, 4) is 5.75 Å². The molecule has 1 saturated carbocycles. The summed E-state index contributed by atoms with van der Waals surface area (Å²) in [6.07, 6.45) is 4.16. The van der Waals surface area contributed by atoms with Crippen LogP contribution in [0.2, 0.25) is 0 Å². The van der Waals surface area contributed by atoms with Crippen LogP contribution in [-0.2, 0) is 11.2 Å². The lowest BCUT2D eigenvalue weighted by molar-refractivity contribution is -0.134. The van der Waals surface area contributed by atoms with Gasteiger partial charge in [0.25, 0.3) is 0 Å². The molecule has 152 valence electrons. The molecular weight excluding hydrogens is 380 g/mol. The smallest absolute Gasteiger partial charge is 0.226 e. The fourth-order valence-corrected chi connectivity index (χ4v) is 3.63. The number of piperazine rings is 1. The zero-order valence-electron chi connectivity index (χ0n) is 16.1. The number of hydrogen-bond acceptors (Lipinski definition) is 6. The third kappa shape index (κ3) is 4.64. The van der Waals surface area contributed by atoms with Gasteiger partial charge in [-0.3, -0.25) is 4.79 Å². The summed E-state index contributed by atoms with van der Waals surface area (Å²) in [6.45, 7) is 2.25. The number of rotatable bonds is 7. The first-order valence-corrected chi connectivity index (χ1v) is 9.72. The zero-order valence-corrected chi connectivity index (χ0v) is 16.9. The molecule has 8 heteroatoms. The monoisotopic (exact) mass is 406 g/mol. The van der Waals surface area contributed by atoms with Crippen LogP contribution < -0.4 is 10.1 Å². The molecule has 1 aliphatic carbocycles. The van der Waals surface area contributed by atoms with Crippen LogP contribution in [0, 0.1) is 0 Å². The standard InChI is InChI=1S/C20H26N4O3.ClH/c1-26-17-6-3-2-5-15(17)16-13-21-11-12-24(16)19(25)8-4-7-18-22-20(23-27-18)14-9-10-14;/h2-3,5-6,14,16,21H,4,7-13H2,1H3;1H. The van der Waals surface area contributed by atoms with Gasteiger partial charge in [-0.05, 0) is 25.3 Å². The molecule has 7 nitrogen and oxygen atoms in total. The van der Waals surface area contributed by atoms with Gasteiger partial charge in [-0.25, -0.2) is 0 Å². The minimum absolute atomic E-state index is 0. The van der Waals surface area contributed by atoms with Crippen molar-refractivity contribution in [1.82, 2.24) is 20.4 Å². The lowest BCUT2D eigenvalue weighted by Gasteiger charge is -2.37. The maximum Gasteiger partial charge on any atom is 0.226 e. The summed E-state index contributed by atoms with van der Waals surface area (Å²) >= 11 is 0. The molecule has 2 heterocycles. The Hall–Kier alpha value is -2.12. The van der Waals surface area contributed by atoms with Gasteiger partial charge in [-0.1, -0.05) is 23.4 Å². The summed E-state index contributed by atoms with van der Waals surface area (Å²) in [5.41, 5.74) is 1.05. The van der Waals surface area contributed by atoms with E-state index >= 15 is 0 Å². The Morgan fingerprint density at radius 1 is 1.36 bits per heavy atom. The summed E-state index contributed by atoms with van der Waals surface area (Å²) in [5.74, 6) is 2.95. The van der Waals surface area contributed by atoms with Crippen LogP contribution in [-0.4, -0.2) is 47.7 Å². The fourth-order valence-electron chi connectivity index (χ4n) is 3.63. The van der Waals surface area contributed by atoms with E-state index in [4.69, 9.17) is 9.26 Å². The molecule has 2 aromatic rings. The fraction of sp³-hybridized carbons (Fsp3) is 0.550. The van der Waals surface area contributed by atoms with Crippen LogP contribution in [0.15, 0.2) is 28.8 Å². The van der Waals surface area contributed by atoms with E-state index in [0.29, 0.717) is 37.6 Å². The van der Waals surface area contributed by atoms with E-state index in [1.54, 1.807) is 7.11 Å². The van der Waals surface area contributed by atoms with Crippen LogP contribution in [0.5, 0.6) is 5.75 Å². The number of amides is 1. The van der Waals surface area contributed by atoms with Crippen LogP contribution in [0.4, 0.5) is 0 Å². The SMILES string of the molecule is COc1ccccc1C1CNCCN1C(=O)CCCc1nc(C2CC2)no1.Cl. The lowest BCUT2D eigenvalue weighted by Crippen LogP contribution is -2.48. The van der Waals surface area contributed by atoms with Crippen molar-refractivity contribution in [2.24, 2.45) is 0 Å². The quantitative estimate of drug-likeness (QED) is 0.761. The summed E-state index contributed by atoms with van der Waals surface area (Å²) in [6, 6.07) is 7.91. The second-order valence-corrected chi connectivity index (χ2v) is 7.22. The van der Waals surface area contributed by atoms with Crippen molar-refractivity contribution in [3.05, 3.63) is 41.5 Å². The number of para-hydroxylation sites is 1. The van der Waals surface area contributed by atoms with Gasteiger partial charge in [0.05, 0.1) is 13.2 Å². The Morgan fingerprint density at radius 2 is 2.18 bits per heavy atom. The third-order valence-electron chi connectivity index (χ3n) is 5.27. The minimum Gasteiger partial charge on any atom is -0.496 e. The van der Waals surface area contributed by atoms with Crippen molar-refractivity contribution < 1.29 is 14.1 Å². The number of carbonyl (C=O) groups is 1. The van der Waals surface area contributed by atoms with E-state index in [-0.39, 0.29) is 24.4 Å². The van der Waals surface area contributed by atoms with Crippen molar-refractivity contribution in [3.63, 3.8) is 0 Å². The lowest BCUT2D eigenvalue weighted by atomic mass is 10.0. The van der Waals surface area contributed by atoms with Crippen molar-refractivity contribution in [1.29, 1.82) is 0 Å². The number of methoxy groups -OCH3 is 1. The predicted octanol–water partition coefficient (Wildman–Crippen LogP) is 2.87. The number of nitrogens with one attached hydrogen (secondary N) is 1. The second kappa shape index (κ2) is 9.39. The van der Waals surface area contributed by atoms with E-state index in [1.807, 2.05) is 29.2 Å². The molecule has 1 N–H and O–H groups in total. The summed E-state index contributed by atoms with van der Waals surface area (Å²) < 4.78 is 10.8. The molecular formula is C20H27ClN4O3. The van der Waals surface area contributed by atoms with Crippen molar-refractivity contribution in [2.75, 3.05) is 26.7 Å². The molecule has 0 spiro atoms. The Kier molecular flexibility index (Phi) is 6.91. The first-order chi connectivity index (χ1) is 13.3. The largest absolute Gasteiger partial charge is 0.496 e. The predicted molar refractivity (Wildman–Crippen MR) is 107 cm³/mol. The van der Waals surface area contributed by atoms with E-state index < -0.39 is 0 Å². The first-order valence-electron chi connectivity index (χ1n) is 9.72. The van der Waals surface area contributed by atoms with Gasteiger partial charge in [-0.2, -0.15) is 4.98 Å². The summed E-state index contributed by atoms with van der Waals surface area (Å²) in [5, 5.41) is 7.42. The van der Waals surface area contributed by atoms with Gasteiger partial charge in [0, 0.05) is 44.0 Å². The van der Waals surface area contributed by atoms with Gasteiger partial charge in [-0.15, -0.1) is 12.4 Å². The molecule has 0 radical (unpaired) electrons. The van der Waals surface area contributed by atoms with Crippen LogP contribution in [0.25, 0.3) is 0 Å². The normalized spacial score (nSPS) is 19.2. The number of aromatic nitrogens is 2. The molecule has 0 bridgehead atoms. The van der Waals surface area contributed by atoms with Gasteiger partial charge >= 0.3 is 0 Å². The van der Waals surface area contributed by atoms with E-state index in [0.717, 1.165) is 43.1 Å². The Morgan fingerprint density at radius 3 is 2.96 bits per heavy atom. The molecule has 28 heavy (non-hydrogen) atoms. The Bertz CT molecular complexity index is 793. The van der Waals surface area contributed by atoms with Crippen molar-refractivity contribution >= 4 is 18.3 Å². The highest BCUT2D eigenvalue weighted by Gasteiger charge is 2.30. The average molecular weight is 407 g/mol. The van der Waals surface area contributed by atoms with E-state index in [1.165, 1.54) is 0 Å². The first kappa shape index (κ1) is 20.6. The molecule has 1 aromatic heterocycles. The number of aryl methyl sites for hydroxylation is 1. The Labute approximate surface area is 171 Å². The number of carbonyl (C=O) groups excluding carboxylic acids is 1. The van der Waals surface area contributed by atoms with Gasteiger partial charge in [0.1, 0.15) is 5.75 Å². The summed E-state index contributed by atoms with van der Waals surface area (Å²) in [4.78, 5) is 19.3. The van der Waals surface area contributed by atoms with Crippen molar-refractivity contribution in [2.45, 2.75) is 44.1 Å². The maximum absolute atomic E-state index is 12.9. The van der Waals surface area contributed by atoms with E-state index in [9.17, 15) is 4.79 Å². The number of ether oxygens (including phenoxy) is 1. The molecule has 1 aromatic carbocycles. The molecule has 1 aliphatic heterocycles.